The molecule has 19 heteroatoms. The highest BCUT2D eigenvalue weighted by atomic mass is 35.5. The van der Waals surface area contributed by atoms with Crippen LogP contribution in [0, 0.1) is 0 Å². The number of carboxylic acids is 6. The van der Waals surface area contributed by atoms with Crippen LogP contribution in [-0.2, 0) is 0 Å². The zero-order chi connectivity index (χ0) is 34.3. The Hall–Kier alpha value is -6.82. The second kappa shape index (κ2) is 14.1. The molecule has 0 saturated carbocycles. The Morgan fingerprint density at radius 1 is 0.478 bits per heavy atom. The van der Waals surface area contributed by atoms with Gasteiger partial charge in [0.25, 0.3) is 0 Å². The van der Waals surface area contributed by atoms with Crippen LogP contribution in [0.4, 0.5) is 29.0 Å². The Morgan fingerprint density at radius 3 is 1.00 bits per heavy atom. The molecule has 46 heavy (non-hydrogen) atoms. The topological polar surface area (TPSA) is 313 Å². The quantitative estimate of drug-likeness (QED) is 0.110. The molecule has 0 aliphatic heterocycles. The maximum atomic E-state index is 11.3. The predicted molar refractivity (Wildman–Crippen MR) is 157 cm³/mol. The zero-order valence-electron chi connectivity index (χ0n) is 22.6. The maximum absolute atomic E-state index is 11.3. The highest BCUT2D eigenvalue weighted by Crippen LogP contribution is 2.23. The molecular weight excluding hydrogens is 636 g/mol. The van der Waals surface area contributed by atoms with Crippen molar-refractivity contribution in [1.82, 2.24) is 15.0 Å². The fraction of sp³-hybridized carbons (Fsp3) is 0. The molecule has 0 amide bonds. The van der Waals surface area contributed by atoms with Gasteiger partial charge in [0, 0.05) is 17.1 Å². The SMILES string of the molecule is Nc1cc(C(=O)O)cc(C(=O)O)c1.O=C(O)c1cc(Nc2nc(Cl)nc(Nc3cc(C(=O)O)cc(C(=O)O)c3)n2)cc(C(=O)O)c1. The summed E-state index contributed by atoms with van der Waals surface area (Å²) < 4.78 is 0. The number of nitrogens with one attached hydrogen (secondary N) is 2. The van der Waals surface area contributed by atoms with Crippen molar-refractivity contribution >= 4 is 76.4 Å². The molecule has 0 atom stereocenters. The second-order valence-electron chi connectivity index (χ2n) is 8.77. The van der Waals surface area contributed by atoms with Crippen molar-refractivity contribution in [1.29, 1.82) is 0 Å². The molecule has 0 fully saturated rings. The van der Waals surface area contributed by atoms with E-state index in [4.69, 9.17) is 27.5 Å². The van der Waals surface area contributed by atoms with Crippen molar-refractivity contribution in [3.8, 4) is 0 Å². The first-order valence-corrected chi connectivity index (χ1v) is 12.5. The van der Waals surface area contributed by atoms with Crippen LogP contribution in [0.1, 0.15) is 62.1 Å². The van der Waals surface area contributed by atoms with E-state index in [0.29, 0.717) is 0 Å². The van der Waals surface area contributed by atoms with Gasteiger partial charge in [0.15, 0.2) is 0 Å². The minimum Gasteiger partial charge on any atom is -0.478 e. The van der Waals surface area contributed by atoms with Crippen molar-refractivity contribution in [2.24, 2.45) is 0 Å². The molecule has 10 N–H and O–H groups in total. The number of rotatable bonds is 10. The van der Waals surface area contributed by atoms with Crippen molar-refractivity contribution in [2.75, 3.05) is 16.4 Å². The Balaban J connectivity index is 0.000000370. The lowest BCUT2D eigenvalue weighted by atomic mass is 10.1. The van der Waals surface area contributed by atoms with Crippen molar-refractivity contribution in [3.63, 3.8) is 0 Å². The monoisotopic (exact) mass is 654 g/mol. The van der Waals surface area contributed by atoms with E-state index in [1.165, 1.54) is 12.1 Å². The second-order valence-corrected chi connectivity index (χ2v) is 9.11. The van der Waals surface area contributed by atoms with Gasteiger partial charge in [0.05, 0.1) is 33.4 Å². The first-order chi connectivity index (χ1) is 21.5. The van der Waals surface area contributed by atoms with Gasteiger partial charge >= 0.3 is 35.8 Å². The number of carboxylic acid groups (broad SMARTS) is 6. The number of carbonyl (C=O) groups is 6. The fourth-order valence-corrected chi connectivity index (χ4v) is 3.67. The molecule has 0 spiro atoms. The molecule has 1 heterocycles. The number of anilines is 5. The first kappa shape index (κ1) is 33.7. The van der Waals surface area contributed by atoms with Crippen LogP contribution in [0.15, 0.2) is 54.6 Å². The van der Waals surface area contributed by atoms with Gasteiger partial charge in [-0.2, -0.15) is 15.0 Å². The third kappa shape index (κ3) is 9.09. The number of aromatic nitrogens is 3. The summed E-state index contributed by atoms with van der Waals surface area (Å²) in [5, 5.41) is 58.8. The summed E-state index contributed by atoms with van der Waals surface area (Å²) in [5.41, 5.74) is 4.02. The molecule has 4 aromatic rings. The van der Waals surface area contributed by atoms with Crippen molar-refractivity contribution in [3.05, 3.63) is 93.3 Å². The molecule has 4 rings (SSSR count). The van der Waals surface area contributed by atoms with E-state index < -0.39 is 35.8 Å². The molecule has 0 bridgehead atoms. The van der Waals surface area contributed by atoms with E-state index in [1.807, 2.05) is 0 Å². The summed E-state index contributed by atoms with van der Waals surface area (Å²) in [4.78, 5) is 77.7. The van der Waals surface area contributed by atoms with Gasteiger partial charge in [-0.05, 0) is 66.2 Å². The predicted octanol–water partition coefficient (Wildman–Crippen LogP) is 3.47. The molecule has 0 saturated heterocycles. The van der Waals surface area contributed by atoms with Gasteiger partial charge in [0.1, 0.15) is 0 Å². The lowest BCUT2D eigenvalue weighted by Crippen LogP contribution is -2.08. The Morgan fingerprint density at radius 2 is 0.739 bits per heavy atom. The summed E-state index contributed by atoms with van der Waals surface area (Å²) >= 11 is 5.89. The molecule has 0 unspecified atom stereocenters. The number of hydrogen-bond donors (Lipinski definition) is 9. The van der Waals surface area contributed by atoms with E-state index in [1.54, 1.807) is 0 Å². The Bertz CT molecular complexity index is 1720. The number of halogens is 1. The first-order valence-electron chi connectivity index (χ1n) is 12.1. The number of benzene rings is 3. The maximum Gasteiger partial charge on any atom is 0.335 e. The van der Waals surface area contributed by atoms with Crippen LogP contribution in [0.3, 0.4) is 0 Å². The molecular formula is C27H19ClN6O12. The van der Waals surface area contributed by atoms with Gasteiger partial charge in [-0.15, -0.1) is 0 Å². The average Bonchev–Trinajstić information content (AvgIpc) is 2.96. The van der Waals surface area contributed by atoms with Gasteiger partial charge < -0.3 is 47.0 Å². The molecule has 3 aromatic carbocycles. The number of nitrogens with zero attached hydrogens (tertiary/aromatic N) is 3. The molecule has 0 aliphatic rings. The minimum absolute atomic E-state index is 0.0292. The molecule has 18 nitrogen and oxygen atoms in total. The molecule has 236 valence electrons. The largest absolute Gasteiger partial charge is 0.478 e. The number of nitrogens with two attached hydrogens (primary N) is 1. The summed E-state index contributed by atoms with van der Waals surface area (Å²) in [6, 6.07) is 10.00. The van der Waals surface area contributed by atoms with Crippen LogP contribution in [0.5, 0.6) is 0 Å². The Kier molecular flexibility index (Phi) is 10.3. The van der Waals surface area contributed by atoms with E-state index >= 15 is 0 Å². The van der Waals surface area contributed by atoms with Crippen LogP contribution in [0.25, 0.3) is 0 Å². The van der Waals surface area contributed by atoms with Gasteiger partial charge in [-0.25, -0.2) is 28.8 Å². The standard InChI is InChI=1S/C19H12ClN5O8.C8H7NO4/c20-17-23-18(21-11-3-7(13(26)27)1-8(4-11)14(28)29)25-19(24-17)22-12-5-9(15(30)31)2-10(6-12)16(32)33;9-6-2-4(7(10)11)1-5(3-6)8(12)13/h1-6H,(H,26,27)(H,28,29)(H,30,31)(H,32,33)(H2,21,22,23,24,25);1-3H,9H2,(H,10,11)(H,12,13). The fourth-order valence-electron chi connectivity index (χ4n) is 3.51. The van der Waals surface area contributed by atoms with Crippen LogP contribution >= 0.6 is 11.6 Å². The smallest absolute Gasteiger partial charge is 0.335 e. The number of hydrogen-bond acceptors (Lipinski definition) is 12. The summed E-state index contributed by atoms with van der Waals surface area (Å²) in [6.07, 6.45) is 0. The van der Waals surface area contributed by atoms with Crippen LogP contribution in [-0.4, -0.2) is 81.4 Å². The molecule has 0 radical (unpaired) electrons. The third-order valence-electron chi connectivity index (χ3n) is 5.42. The third-order valence-corrected chi connectivity index (χ3v) is 5.59. The van der Waals surface area contributed by atoms with Crippen molar-refractivity contribution < 1.29 is 59.4 Å². The van der Waals surface area contributed by atoms with Gasteiger partial charge in [0.2, 0.25) is 17.2 Å². The van der Waals surface area contributed by atoms with Gasteiger partial charge in [-0.3, -0.25) is 0 Å². The highest BCUT2D eigenvalue weighted by Gasteiger charge is 2.15. The van der Waals surface area contributed by atoms with Crippen LogP contribution in [0.2, 0.25) is 5.28 Å². The zero-order valence-corrected chi connectivity index (χ0v) is 23.4. The van der Waals surface area contributed by atoms with E-state index in [0.717, 1.165) is 42.5 Å². The highest BCUT2D eigenvalue weighted by molar-refractivity contribution is 6.28. The molecule has 0 aliphatic carbocycles. The lowest BCUT2D eigenvalue weighted by Gasteiger charge is -2.11. The van der Waals surface area contributed by atoms with Crippen LogP contribution < -0.4 is 16.4 Å². The number of nitrogen functional groups attached to an aromatic ring is 1. The lowest BCUT2D eigenvalue weighted by molar-refractivity contribution is 0.0676. The van der Waals surface area contributed by atoms with Crippen molar-refractivity contribution in [2.45, 2.75) is 0 Å². The number of aromatic carboxylic acids is 6. The summed E-state index contributed by atoms with van der Waals surface area (Å²) in [6.45, 7) is 0. The normalized spacial score (nSPS) is 10.1. The summed E-state index contributed by atoms with van der Waals surface area (Å²) in [7, 11) is 0. The Labute approximate surface area is 260 Å². The summed E-state index contributed by atoms with van der Waals surface area (Å²) in [5.74, 6) is -8.23. The molecule has 1 aromatic heterocycles. The van der Waals surface area contributed by atoms with E-state index in [-0.39, 0.29) is 67.6 Å². The van der Waals surface area contributed by atoms with E-state index in [2.05, 4.69) is 25.6 Å². The van der Waals surface area contributed by atoms with Gasteiger partial charge in [-0.1, -0.05) is 0 Å². The van der Waals surface area contributed by atoms with E-state index in [9.17, 15) is 49.2 Å². The average molecular weight is 655 g/mol. The minimum atomic E-state index is -1.36.